The van der Waals surface area contributed by atoms with Gasteiger partial charge < -0.3 is 9.84 Å². The van der Waals surface area contributed by atoms with E-state index in [4.69, 9.17) is 5.11 Å². The van der Waals surface area contributed by atoms with Gasteiger partial charge in [0.2, 0.25) is 6.10 Å². The van der Waals surface area contributed by atoms with Gasteiger partial charge in [0, 0.05) is 0 Å². The number of carbonyl (C=O) groups is 1. The van der Waals surface area contributed by atoms with Gasteiger partial charge in [0.15, 0.2) is 6.61 Å². The van der Waals surface area contributed by atoms with Crippen LogP contribution in [0.25, 0.3) is 0 Å². The molecule has 1 atom stereocenters. The zero-order valence-electron chi connectivity index (χ0n) is 8.78. The van der Waals surface area contributed by atoms with Crippen LogP contribution in [0.3, 0.4) is 0 Å². The molecule has 0 aromatic heterocycles. The summed E-state index contributed by atoms with van der Waals surface area (Å²) in [6.07, 6.45) is -15.2. The largest absolute Gasteiger partial charge is 0.456 e. The molecule has 0 amide bonds. The maximum Gasteiger partial charge on any atom is 0.422 e. The van der Waals surface area contributed by atoms with Crippen LogP contribution in [0.2, 0.25) is 0 Å². The van der Waals surface area contributed by atoms with Crippen molar-refractivity contribution in [2.24, 2.45) is 0 Å². The first-order chi connectivity index (χ1) is 8.19. The quantitative estimate of drug-likeness (QED) is 0.492. The molecular formula is C8H6F8O3. The maximum absolute atomic E-state index is 12.7. The summed E-state index contributed by atoms with van der Waals surface area (Å²) in [7, 11) is 0. The van der Waals surface area contributed by atoms with Gasteiger partial charge in [-0.15, -0.1) is 0 Å². The number of alkyl halides is 8. The van der Waals surface area contributed by atoms with Crippen molar-refractivity contribution >= 4 is 5.97 Å². The molecule has 0 saturated carbocycles. The topological polar surface area (TPSA) is 46.5 Å². The average Bonchev–Trinajstić information content (AvgIpc) is 2.21. The Kier molecular flexibility index (Phi) is 4.92. The second-order valence-corrected chi connectivity index (χ2v) is 3.26. The molecular weight excluding hydrogens is 296 g/mol. The molecule has 0 saturated heterocycles. The summed E-state index contributed by atoms with van der Waals surface area (Å²) in [5.41, 5.74) is -2.16. The predicted octanol–water partition coefficient (Wildman–Crippen LogP) is 2.21. The highest BCUT2D eigenvalue weighted by atomic mass is 19.4. The third-order valence-electron chi connectivity index (χ3n) is 1.69. The first kappa shape index (κ1) is 17.6. The van der Waals surface area contributed by atoms with Gasteiger partial charge in [-0.3, -0.25) is 0 Å². The Balaban J connectivity index is 4.65. The number of halogens is 8. The van der Waals surface area contributed by atoms with Gasteiger partial charge in [-0.1, -0.05) is 6.58 Å². The van der Waals surface area contributed by atoms with Crippen molar-refractivity contribution in [3.05, 3.63) is 12.2 Å². The molecule has 0 aromatic rings. The van der Waals surface area contributed by atoms with Gasteiger partial charge in [0.1, 0.15) is 5.57 Å². The highest BCUT2D eigenvalue weighted by molar-refractivity contribution is 5.89. The summed E-state index contributed by atoms with van der Waals surface area (Å²) in [5, 5.41) is 8.21. The van der Waals surface area contributed by atoms with Crippen LogP contribution >= 0.6 is 0 Å². The summed E-state index contributed by atoms with van der Waals surface area (Å²) in [4.78, 5) is 10.6. The van der Waals surface area contributed by atoms with E-state index < -0.39 is 42.5 Å². The minimum atomic E-state index is -5.73. The normalized spacial score (nSPS) is 15.0. The molecule has 0 aliphatic rings. The Morgan fingerprint density at radius 2 is 1.53 bits per heavy atom. The van der Waals surface area contributed by atoms with Gasteiger partial charge >= 0.3 is 24.2 Å². The van der Waals surface area contributed by atoms with Crippen LogP contribution in [0.1, 0.15) is 0 Å². The van der Waals surface area contributed by atoms with E-state index in [0.717, 1.165) is 0 Å². The number of rotatable bonds is 4. The van der Waals surface area contributed by atoms with Crippen LogP contribution in [-0.2, 0) is 9.53 Å². The average molecular weight is 302 g/mol. The van der Waals surface area contributed by atoms with Crippen molar-refractivity contribution in [2.45, 2.75) is 24.4 Å². The molecule has 0 rings (SSSR count). The molecule has 0 aliphatic carbocycles. The lowest BCUT2D eigenvalue weighted by Crippen LogP contribution is -2.48. The fourth-order valence-corrected chi connectivity index (χ4v) is 0.683. The maximum atomic E-state index is 12.7. The predicted molar refractivity (Wildman–Crippen MR) is 43.2 cm³/mol. The fraction of sp³-hybridized carbons (Fsp3) is 0.625. The Morgan fingerprint density at radius 1 is 1.11 bits per heavy atom. The number of carbonyl (C=O) groups excluding carboxylic acids is 1. The van der Waals surface area contributed by atoms with Crippen LogP contribution in [0.4, 0.5) is 35.1 Å². The van der Waals surface area contributed by atoms with E-state index >= 15 is 0 Å². The van der Waals surface area contributed by atoms with E-state index in [2.05, 4.69) is 11.3 Å². The smallest absolute Gasteiger partial charge is 0.422 e. The molecule has 0 aliphatic heterocycles. The van der Waals surface area contributed by atoms with Gasteiger partial charge in [-0.25, -0.2) is 4.79 Å². The zero-order valence-corrected chi connectivity index (χ0v) is 8.78. The lowest BCUT2D eigenvalue weighted by atomic mass is 10.2. The van der Waals surface area contributed by atoms with Crippen LogP contribution in [0.15, 0.2) is 12.2 Å². The lowest BCUT2D eigenvalue weighted by molar-refractivity contribution is -0.277. The monoisotopic (exact) mass is 302 g/mol. The minimum Gasteiger partial charge on any atom is -0.456 e. The molecule has 3 nitrogen and oxygen atoms in total. The highest BCUT2D eigenvalue weighted by Gasteiger charge is 2.56. The Morgan fingerprint density at radius 3 is 1.84 bits per heavy atom. The van der Waals surface area contributed by atoms with E-state index in [9.17, 15) is 39.9 Å². The Hall–Kier alpha value is -1.39. The summed E-state index contributed by atoms with van der Waals surface area (Å²) >= 11 is 0. The van der Waals surface area contributed by atoms with Gasteiger partial charge in [-0.2, -0.15) is 35.1 Å². The molecule has 0 spiro atoms. The van der Waals surface area contributed by atoms with Crippen LogP contribution in [-0.4, -0.2) is 42.1 Å². The summed E-state index contributed by atoms with van der Waals surface area (Å²) in [6.45, 7) is -0.182. The fourth-order valence-electron chi connectivity index (χ4n) is 0.683. The standard InChI is InChI=1S/C8H6F8O3/c1-3(7(11,12)13)4(17)19-2-6(9,10)5(18)8(14,15)16/h5,18H,1-2H2. The summed E-state index contributed by atoms with van der Waals surface area (Å²) in [6, 6.07) is 0. The number of aliphatic hydroxyl groups is 1. The molecule has 0 heterocycles. The van der Waals surface area contributed by atoms with E-state index in [0.29, 0.717) is 0 Å². The van der Waals surface area contributed by atoms with E-state index in [1.54, 1.807) is 0 Å². The first-order valence-corrected chi connectivity index (χ1v) is 4.25. The van der Waals surface area contributed by atoms with Gasteiger partial charge in [-0.05, 0) is 0 Å². The van der Waals surface area contributed by atoms with Crippen LogP contribution < -0.4 is 0 Å². The van der Waals surface area contributed by atoms with Crippen molar-refractivity contribution in [3.8, 4) is 0 Å². The number of hydrogen-bond acceptors (Lipinski definition) is 3. The molecule has 1 unspecified atom stereocenters. The van der Waals surface area contributed by atoms with Crippen molar-refractivity contribution in [1.82, 2.24) is 0 Å². The van der Waals surface area contributed by atoms with E-state index in [-0.39, 0.29) is 0 Å². The number of ether oxygens (including phenoxy) is 1. The molecule has 19 heavy (non-hydrogen) atoms. The number of esters is 1. The minimum absolute atomic E-state index is 2.16. The first-order valence-electron chi connectivity index (χ1n) is 4.25. The number of hydrogen-bond donors (Lipinski definition) is 1. The van der Waals surface area contributed by atoms with Gasteiger partial charge in [0.05, 0.1) is 0 Å². The van der Waals surface area contributed by atoms with Crippen LogP contribution in [0, 0.1) is 0 Å². The molecule has 1 N–H and O–H groups in total. The van der Waals surface area contributed by atoms with Crippen molar-refractivity contribution in [2.75, 3.05) is 6.61 Å². The SMILES string of the molecule is C=C(C(=O)OCC(F)(F)C(O)C(F)(F)F)C(F)(F)F. The molecule has 112 valence electrons. The second-order valence-electron chi connectivity index (χ2n) is 3.26. The van der Waals surface area contributed by atoms with Crippen LogP contribution in [0.5, 0.6) is 0 Å². The van der Waals surface area contributed by atoms with Crippen molar-refractivity contribution in [1.29, 1.82) is 0 Å². The molecule has 0 fully saturated rings. The summed E-state index contributed by atoms with van der Waals surface area (Å²) < 4.78 is 99.5. The third kappa shape index (κ3) is 5.01. The van der Waals surface area contributed by atoms with Crippen molar-refractivity contribution in [3.63, 3.8) is 0 Å². The molecule has 0 radical (unpaired) electrons. The Labute approximate surface area is 100.0 Å². The lowest BCUT2D eigenvalue weighted by Gasteiger charge is -2.24. The molecule has 11 heteroatoms. The zero-order chi connectivity index (χ0) is 15.6. The second kappa shape index (κ2) is 5.31. The van der Waals surface area contributed by atoms with E-state index in [1.807, 2.05) is 0 Å². The highest BCUT2D eigenvalue weighted by Crippen LogP contribution is 2.33. The third-order valence-corrected chi connectivity index (χ3v) is 1.69. The molecule has 0 aromatic carbocycles. The van der Waals surface area contributed by atoms with Gasteiger partial charge in [0.25, 0.3) is 0 Å². The van der Waals surface area contributed by atoms with Crippen molar-refractivity contribution < 1.29 is 49.8 Å². The Bertz CT molecular complexity index is 356. The van der Waals surface area contributed by atoms with E-state index in [1.165, 1.54) is 0 Å². The number of aliphatic hydroxyl groups excluding tert-OH is 1. The summed E-state index contributed by atoms with van der Waals surface area (Å²) in [5.74, 6) is -7.35. The molecule has 0 bridgehead atoms.